The molecule has 0 amide bonds. The van der Waals surface area contributed by atoms with Crippen molar-refractivity contribution in [3.05, 3.63) is 12.4 Å². The van der Waals surface area contributed by atoms with Gasteiger partial charge < -0.3 is 5.11 Å². The Labute approximate surface area is 111 Å². The summed E-state index contributed by atoms with van der Waals surface area (Å²) in [6.07, 6.45) is 3.49. The minimum Gasteiger partial charge on any atom is -0.396 e. The summed E-state index contributed by atoms with van der Waals surface area (Å²) in [6, 6.07) is 0. The highest BCUT2D eigenvalue weighted by atomic mass is 32.2. The highest BCUT2D eigenvalue weighted by Crippen LogP contribution is 2.19. The first-order valence-electron chi connectivity index (χ1n) is 5.86. The Morgan fingerprint density at radius 3 is 2.78 bits per heavy atom. The fraction of sp³-hybridized carbons (Fsp3) is 0.700. The van der Waals surface area contributed by atoms with Crippen LogP contribution in [-0.4, -0.2) is 58.8 Å². The van der Waals surface area contributed by atoms with E-state index in [0.29, 0.717) is 26.1 Å². The smallest absolute Gasteiger partial charge is 0.246 e. The van der Waals surface area contributed by atoms with E-state index in [1.165, 1.54) is 16.7 Å². The van der Waals surface area contributed by atoms with Crippen molar-refractivity contribution in [1.29, 1.82) is 0 Å². The van der Waals surface area contributed by atoms with Gasteiger partial charge >= 0.3 is 0 Å². The summed E-state index contributed by atoms with van der Waals surface area (Å²) in [4.78, 5) is 0.243. The van der Waals surface area contributed by atoms with Crippen molar-refractivity contribution in [3.8, 4) is 0 Å². The molecule has 0 aliphatic carbocycles. The first-order valence-corrected chi connectivity index (χ1v) is 8.45. The van der Waals surface area contributed by atoms with Crippen molar-refractivity contribution in [3.63, 3.8) is 0 Å². The Morgan fingerprint density at radius 2 is 2.11 bits per heavy atom. The number of rotatable bonds is 5. The zero-order valence-electron chi connectivity index (χ0n) is 10.0. The second-order valence-corrected chi connectivity index (χ2v) is 7.20. The number of aryl methyl sites for hydroxylation is 1. The standard InChI is InChI=1S/C10H17N3O3S2/c14-5-1-2-12-9-10(8-11-12)18(15,16)13-3-6-17-7-4-13/h8-9,14H,1-7H2. The van der Waals surface area contributed by atoms with Crippen LogP contribution in [0.1, 0.15) is 6.42 Å². The SMILES string of the molecule is O=S(=O)(c1cnn(CCCO)c1)N1CCSCC1. The molecule has 0 bridgehead atoms. The highest BCUT2D eigenvalue weighted by molar-refractivity contribution is 7.99. The van der Waals surface area contributed by atoms with Gasteiger partial charge in [-0.15, -0.1) is 0 Å². The minimum atomic E-state index is -3.39. The molecule has 1 aliphatic heterocycles. The van der Waals surface area contributed by atoms with Gasteiger partial charge in [-0.1, -0.05) is 0 Å². The largest absolute Gasteiger partial charge is 0.396 e. The van der Waals surface area contributed by atoms with Gasteiger partial charge in [-0.2, -0.15) is 21.2 Å². The van der Waals surface area contributed by atoms with Crippen molar-refractivity contribution in [2.24, 2.45) is 0 Å². The number of sulfonamides is 1. The first kappa shape index (κ1) is 13.9. The lowest BCUT2D eigenvalue weighted by Crippen LogP contribution is -2.37. The number of thioether (sulfide) groups is 1. The summed E-state index contributed by atoms with van der Waals surface area (Å²) in [5.74, 6) is 1.69. The maximum Gasteiger partial charge on any atom is 0.246 e. The number of hydrogen-bond acceptors (Lipinski definition) is 5. The fourth-order valence-electron chi connectivity index (χ4n) is 1.77. The molecular formula is C10H17N3O3S2. The van der Waals surface area contributed by atoms with E-state index in [-0.39, 0.29) is 11.5 Å². The Bertz CT molecular complexity index is 480. The predicted molar refractivity (Wildman–Crippen MR) is 70.0 cm³/mol. The van der Waals surface area contributed by atoms with Crippen LogP contribution in [0.5, 0.6) is 0 Å². The van der Waals surface area contributed by atoms with E-state index in [1.807, 2.05) is 0 Å². The molecule has 1 aliphatic rings. The third-order valence-electron chi connectivity index (χ3n) is 2.76. The Morgan fingerprint density at radius 1 is 1.39 bits per heavy atom. The number of aromatic nitrogens is 2. The van der Waals surface area contributed by atoms with Gasteiger partial charge in [0.25, 0.3) is 0 Å². The van der Waals surface area contributed by atoms with Crippen LogP contribution >= 0.6 is 11.8 Å². The van der Waals surface area contributed by atoms with Crippen molar-refractivity contribution in [2.75, 3.05) is 31.2 Å². The average molecular weight is 291 g/mol. The molecule has 2 rings (SSSR count). The van der Waals surface area contributed by atoms with Crippen LogP contribution < -0.4 is 0 Å². The monoisotopic (exact) mass is 291 g/mol. The van der Waals surface area contributed by atoms with Gasteiger partial charge in [0, 0.05) is 43.9 Å². The van der Waals surface area contributed by atoms with E-state index in [9.17, 15) is 8.42 Å². The summed E-state index contributed by atoms with van der Waals surface area (Å²) < 4.78 is 27.6. The lowest BCUT2D eigenvalue weighted by Gasteiger charge is -2.24. The van der Waals surface area contributed by atoms with Crippen molar-refractivity contribution in [2.45, 2.75) is 17.9 Å². The van der Waals surface area contributed by atoms with Gasteiger partial charge in [0.15, 0.2) is 0 Å². The van der Waals surface area contributed by atoms with Crippen LogP contribution in [0.25, 0.3) is 0 Å². The van der Waals surface area contributed by atoms with Gasteiger partial charge in [0.2, 0.25) is 10.0 Å². The lowest BCUT2D eigenvalue weighted by atomic mass is 10.5. The van der Waals surface area contributed by atoms with Crippen LogP contribution in [0, 0.1) is 0 Å². The van der Waals surface area contributed by atoms with Crippen LogP contribution in [0.4, 0.5) is 0 Å². The molecule has 1 saturated heterocycles. The number of nitrogens with zero attached hydrogens (tertiary/aromatic N) is 3. The van der Waals surface area contributed by atoms with E-state index < -0.39 is 10.0 Å². The second-order valence-electron chi connectivity index (χ2n) is 4.03. The molecule has 0 unspecified atom stereocenters. The number of aliphatic hydroxyl groups excluding tert-OH is 1. The van der Waals surface area contributed by atoms with Crippen LogP contribution in [0.15, 0.2) is 17.3 Å². The third kappa shape index (κ3) is 3.05. The van der Waals surface area contributed by atoms with Crippen LogP contribution in [0.2, 0.25) is 0 Å². The van der Waals surface area contributed by atoms with Crippen molar-refractivity contribution in [1.82, 2.24) is 14.1 Å². The molecule has 102 valence electrons. The van der Waals surface area contributed by atoms with E-state index in [1.54, 1.807) is 16.4 Å². The van der Waals surface area contributed by atoms with Gasteiger partial charge in [0.1, 0.15) is 4.90 Å². The Kier molecular flexibility index (Phi) is 4.66. The highest BCUT2D eigenvalue weighted by Gasteiger charge is 2.27. The molecule has 1 N–H and O–H groups in total. The molecule has 0 aromatic carbocycles. The zero-order chi connectivity index (χ0) is 13.0. The molecule has 1 aromatic rings. The maximum absolute atomic E-state index is 12.3. The molecule has 0 radical (unpaired) electrons. The van der Waals surface area contributed by atoms with Crippen molar-refractivity contribution >= 4 is 21.8 Å². The maximum atomic E-state index is 12.3. The van der Waals surface area contributed by atoms with Gasteiger partial charge in [-0.25, -0.2) is 8.42 Å². The van der Waals surface area contributed by atoms with Crippen molar-refractivity contribution < 1.29 is 13.5 Å². The van der Waals surface area contributed by atoms with E-state index in [0.717, 1.165) is 11.5 Å². The van der Waals surface area contributed by atoms with Gasteiger partial charge in [0.05, 0.1) is 6.20 Å². The zero-order valence-corrected chi connectivity index (χ0v) is 11.7. The summed E-state index contributed by atoms with van der Waals surface area (Å²) in [5.41, 5.74) is 0. The second kappa shape index (κ2) is 6.05. The molecule has 6 nitrogen and oxygen atoms in total. The summed E-state index contributed by atoms with van der Waals surface area (Å²) in [6.45, 7) is 1.73. The average Bonchev–Trinajstić information content (AvgIpc) is 2.87. The Balaban J connectivity index is 2.11. The quantitative estimate of drug-likeness (QED) is 0.826. The van der Waals surface area contributed by atoms with E-state index in [2.05, 4.69) is 5.10 Å². The van der Waals surface area contributed by atoms with Crippen LogP contribution in [0.3, 0.4) is 0 Å². The Hall–Kier alpha value is -0.570. The summed E-state index contributed by atoms with van der Waals surface area (Å²) >= 11 is 1.77. The summed E-state index contributed by atoms with van der Waals surface area (Å²) in [5, 5.41) is 12.7. The molecule has 0 saturated carbocycles. The normalized spacial score (nSPS) is 18.1. The fourth-order valence-corrected chi connectivity index (χ4v) is 4.30. The molecule has 0 spiro atoms. The molecular weight excluding hydrogens is 274 g/mol. The topological polar surface area (TPSA) is 75.4 Å². The van der Waals surface area contributed by atoms with E-state index in [4.69, 9.17) is 5.11 Å². The molecule has 1 aromatic heterocycles. The third-order valence-corrected chi connectivity index (χ3v) is 5.56. The molecule has 0 atom stereocenters. The number of aliphatic hydroxyl groups is 1. The molecule has 2 heterocycles. The van der Waals surface area contributed by atoms with Gasteiger partial charge in [-0.05, 0) is 6.42 Å². The number of hydrogen-bond donors (Lipinski definition) is 1. The van der Waals surface area contributed by atoms with Gasteiger partial charge in [-0.3, -0.25) is 4.68 Å². The minimum absolute atomic E-state index is 0.0747. The molecule has 8 heteroatoms. The first-order chi connectivity index (χ1) is 8.64. The van der Waals surface area contributed by atoms with Crippen LogP contribution in [-0.2, 0) is 16.6 Å². The lowest BCUT2D eigenvalue weighted by molar-refractivity contribution is 0.277. The summed E-state index contributed by atoms with van der Waals surface area (Å²) in [7, 11) is -3.39. The predicted octanol–water partition coefficient (Wildman–Crippen LogP) is 0.00300. The molecule has 1 fully saturated rings. The molecule has 18 heavy (non-hydrogen) atoms. The van der Waals surface area contributed by atoms with E-state index >= 15 is 0 Å².